The first-order valence-electron chi connectivity index (χ1n) is 8.36. The normalized spacial score (nSPS) is 18.7. The highest BCUT2D eigenvalue weighted by Crippen LogP contribution is 2.38. The Balaban J connectivity index is 1.70. The van der Waals surface area contributed by atoms with Gasteiger partial charge in [-0.15, -0.1) is 0 Å². The van der Waals surface area contributed by atoms with Gasteiger partial charge in [-0.05, 0) is 17.7 Å². The molecule has 26 heavy (non-hydrogen) atoms. The molecule has 0 amide bonds. The number of rotatable bonds is 1. The van der Waals surface area contributed by atoms with Crippen LogP contribution in [0.4, 0.5) is 10.3 Å². The Labute approximate surface area is 148 Å². The van der Waals surface area contributed by atoms with Gasteiger partial charge >= 0.3 is 0 Å². The second kappa shape index (κ2) is 5.62. The lowest BCUT2D eigenvalue weighted by Gasteiger charge is -2.24. The molecule has 0 radical (unpaired) electrons. The quantitative estimate of drug-likeness (QED) is 0.702. The molecule has 0 aliphatic carbocycles. The summed E-state index contributed by atoms with van der Waals surface area (Å²) in [7, 11) is 0. The average Bonchev–Trinajstić information content (AvgIpc) is 2.81. The largest absolute Gasteiger partial charge is 0.489 e. The van der Waals surface area contributed by atoms with E-state index in [1.807, 2.05) is 16.7 Å². The molecule has 1 unspecified atom stereocenters. The first-order valence-corrected chi connectivity index (χ1v) is 8.36. The summed E-state index contributed by atoms with van der Waals surface area (Å²) in [5, 5.41) is 2.99. The monoisotopic (exact) mass is 353 g/mol. The summed E-state index contributed by atoms with van der Waals surface area (Å²) in [4.78, 5) is 9.11. The molecule has 5 rings (SSSR count). The second-order valence-corrected chi connectivity index (χ2v) is 6.21. The van der Waals surface area contributed by atoms with E-state index in [9.17, 15) is 4.39 Å². The minimum absolute atomic E-state index is 0.260. The van der Waals surface area contributed by atoms with Crippen LogP contribution >= 0.6 is 0 Å². The Morgan fingerprint density at radius 3 is 2.62 bits per heavy atom. The fraction of sp³-hybridized carbons (Fsp3) is 0.222. The summed E-state index contributed by atoms with van der Waals surface area (Å²) < 4.78 is 26.8. The lowest BCUT2D eigenvalue weighted by molar-refractivity contribution is 0.297. The fourth-order valence-corrected chi connectivity index (χ4v) is 3.28. The molecule has 3 heterocycles. The number of fused-ring (bicyclic) bond motifs is 4. The van der Waals surface area contributed by atoms with Gasteiger partial charge in [-0.1, -0.05) is 12.1 Å². The number of imidazole rings is 1. The van der Waals surface area contributed by atoms with Crippen molar-refractivity contribution in [1.29, 1.82) is 0 Å². The number of ether oxygens (including phenoxy) is 2. The van der Waals surface area contributed by atoms with Crippen LogP contribution in [0.15, 0.2) is 41.4 Å². The zero-order valence-corrected chi connectivity index (χ0v) is 13.8. The third kappa shape index (κ3) is 2.33. The number of benzene rings is 2. The Morgan fingerprint density at radius 2 is 1.85 bits per heavy atom. The average molecular weight is 353 g/mol. The summed E-state index contributed by atoms with van der Waals surface area (Å²) in [5.74, 6) is 1.89. The molecular weight excluding hydrogens is 337 g/mol. The van der Waals surface area contributed by atoms with Gasteiger partial charge in [0.1, 0.15) is 5.82 Å². The summed E-state index contributed by atoms with van der Waals surface area (Å²) in [6.45, 7) is 1.21. The fourth-order valence-electron chi connectivity index (χ4n) is 3.28. The number of aliphatic imine (C=N–C) groups is 1. The summed E-state index contributed by atoms with van der Waals surface area (Å²) in [6.07, 6.45) is 0.389. The van der Waals surface area contributed by atoms with Gasteiger partial charge in [-0.25, -0.2) is 14.4 Å². The van der Waals surface area contributed by atoms with Crippen molar-refractivity contribution in [3.05, 3.63) is 47.8 Å². The van der Waals surface area contributed by atoms with Crippen LogP contribution in [0.5, 0.6) is 11.5 Å². The Morgan fingerprint density at radius 1 is 1.12 bits per heavy atom. The molecule has 0 spiro atoms. The van der Waals surface area contributed by atoms with Crippen LogP contribution in [0.1, 0.15) is 18.2 Å². The highest BCUT2D eigenvalue weighted by molar-refractivity contribution is 5.95. The molecule has 3 N–H and O–H groups in total. The standard InChI is InChI=1S/C18H16FN5O2/c19-11-4-2-10(3-5-11)16-22-17(20)23-18-21-12-8-14-15(9-13(12)24(16)18)26-7-1-6-25-14/h2-5,8-9,16H,1,6-7H2,(H3,20,21,22,23). The predicted molar refractivity (Wildman–Crippen MR) is 95.1 cm³/mol. The molecular formula is C18H16FN5O2. The number of anilines is 1. The van der Waals surface area contributed by atoms with Gasteiger partial charge in [0.15, 0.2) is 23.6 Å². The van der Waals surface area contributed by atoms with Gasteiger partial charge in [0.05, 0.1) is 24.2 Å². The van der Waals surface area contributed by atoms with Crippen LogP contribution in [-0.4, -0.2) is 28.7 Å². The summed E-state index contributed by atoms with van der Waals surface area (Å²) >= 11 is 0. The first-order chi connectivity index (χ1) is 12.7. The van der Waals surface area contributed by atoms with Crippen LogP contribution in [-0.2, 0) is 0 Å². The number of hydrogen-bond acceptors (Lipinski definition) is 6. The van der Waals surface area contributed by atoms with E-state index in [0.717, 1.165) is 23.0 Å². The Kier molecular flexibility index (Phi) is 3.24. The first kappa shape index (κ1) is 15.0. The van der Waals surface area contributed by atoms with Crippen molar-refractivity contribution in [2.75, 3.05) is 18.5 Å². The van der Waals surface area contributed by atoms with Gasteiger partial charge in [-0.2, -0.15) is 0 Å². The highest BCUT2D eigenvalue weighted by atomic mass is 19.1. The van der Waals surface area contributed by atoms with E-state index in [-0.39, 0.29) is 11.8 Å². The maximum Gasteiger partial charge on any atom is 0.212 e. The third-order valence-electron chi connectivity index (χ3n) is 4.47. The van der Waals surface area contributed by atoms with E-state index in [1.54, 1.807) is 12.1 Å². The maximum absolute atomic E-state index is 13.3. The zero-order valence-electron chi connectivity index (χ0n) is 13.8. The molecule has 2 aromatic carbocycles. The minimum atomic E-state index is -0.443. The molecule has 1 aromatic heterocycles. The Hall–Kier alpha value is -3.29. The SMILES string of the molecule is NC1=NC(c2ccc(F)cc2)n2c(nc3cc4c(cc32)OCCCO4)N1. The van der Waals surface area contributed by atoms with Gasteiger partial charge in [0.2, 0.25) is 5.95 Å². The predicted octanol–water partition coefficient (Wildman–Crippen LogP) is 2.62. The molecule has 0 bridgehead atoms. The molecule has 0 saturated carbocycles. The van der Waals surface area contributed by atoms with Crippen LogP contribution in [0.25, 0.3) is 11.0 Å². The number of hydrogen-bond donors (Lipinski definition) is 2. The van der Waals surface area contributed by atoms with E-state index in [0.29, 0.717) is 30.7 Å². The van der Waals surface area contributed by atoms with Crippen molar-refractivity contribution >= 4 is 22.9 Å². The maximum atomic E-state index is 13.3. The van der Waals surface area contributed by atoms with Crippen molar-refractivity contribution in [1.82, 2.24) is 9.55 Å². The molecule has 1 atom stereocenters. The highest BCUT2D eigenvalue weighted by Gasteiger charge is 2.26. The van der Waals surface area contributed by atoms with Crippen LogP contribution in [0, 0.1) is 5.82 Å². The summed E-state index contributed by atoms with van der Waals surface area (Å²) in [6, 6.07) is 9.97. The summed E-state index contributed by atoms with van der Waals surface area (Å²) in [5.41, 5.74) is 8.32. The molecule has 132 valence electrons. The van der Waals surface area contributed by atoms with Crippen molar-refractivity contribution in [2.24, 2.45) is 10.7 Å². The topological polar surface area (TPSA) is 86.7 Å². The number of halogens is 1. The zero-order chi connectivity index (χ0) is 17.7. The lowest BCUT2D eigenvalue weighted by atomic mass is 10.1. The molecule has 2 aliphatic heterocycles. The van der Waals surface area contributed by atoms with Crippen molar-refractivity contribution in [3.63, 3.8) is 0 Å². The number of aromatic nitrogens is 2. The molecule has 0 fully saturated rings. The molecule has 2 aliphatic rings. The van der Waals surface area contributed by atoms with Gasteiger partial charge in [0.25, 0.3) is 0 Å². The van der Waals surface area contributed by atoms with E-state index in [1.165, 1.54) is 12.1 Å². The van der Waals surface area contributed by atoms with E-state index < -0.39 is 6.17 Å². The van der Waals surface area contributed by atoms with Crippen LogP contribution in [0.2, 0.25) is 0 Å². The van der Waals surface area contributed by atoms with E-state index in [4.69, 9.17) is 15.2 Å². The Bertz CT molecular complexity index is 1030. The number of nitrogens with two attached hydrogens (primary N) is 1. The lowest BCUT2D eigenvalue weighted by Crippen LogP contribution is -2.31. The van der Waals surface area contributed by atoms with Crippen LogP contribution < -0.4 is 20.5 Å². The number of nitrogens with one attached hydrogen (secondary N) is 1. The molecule has 0 saturated heterocycles. The van der Waals surface area contributed by atoms with Gasteiger partial charge < -0.3 is 15.2 Å². The number of nitrogens with zero attached hydrogens (tertiary/aromatic N) is 3. The second-order valence-electron chi connectivity index (χ2n) is 6.21. The minimum Gasteiger partial charge on any atom is -0.489 e. The molecule has 8 heteroatoms. The van der Waals surface area contributed by atoms with Gasteiger partial charge in [-0.3, -0.25) is 9.88 Å². The molecule has 7 nitrogen and oxygen atoms in total. The van der Waals surface area contributed by atoms with E-state index in [2.05, 4.69) is 15.3 Å². The molecule has 3 aromatic rings. The van der Waals surface area contributed by atoms with Crippen molar-refractivity contribution in [2.45, 2.75) is 12.6 Å². The van der Waals surface area contributed by atoms with Crippen LogP contribution in [0.3, 0.4) is 0 Å². The smallest absolute Gasteiger partial charge is 0.212 e. The van der Waals surface area contributed by atoms with Crippen molar-refractivity contribution in [3.8, 4) is 11.5 Å². The van der Waals surface area contributed by atoms with Gasteiger partial charge in [0, 0.05) is 18.6 Å². The number of guanidine groups is 1. The van der Waals surface area contributed by atoms with Crippen molar-refractivity contribution < 1.29 is 13.9 Å². The third-order valence-corrected chi connectivity index (χ3v) is 4.47. The van der Waals surface area contributed by atoms with E-state index >= 15 is 0 Å².